The molecule has 1 fully saturated rings. The van der Waals surface area contributed by atoms with Crippen LogP contribution in [-0.4, -0.2) is 40.9 Å². The molecule has 0 aromatic rings. The van der Waals surface area contributed by atoms with Gasteiger partial charge < -0.3 is 14.6 Å². The molecule has 2 aliphatic carbocycles. The second-order valence-corrected chi connectivity index (χ2v) is 11.4. The van der Waals surface area contributed by atoms with Crippen molar-refractivity contribution in [3.8, 4) is 0 Å². The summed E-state index contributed by atoms with van der Waals surface area (Å²) < 4.78 is 12.8. The van der Waals surface area contributed by atoms with Gasteiger partial charge in [0.1, 0.15) is 0 Å². The molecule has 1 saturated heterocycles. The number of aliphatic hydroxyl groups excluding tert-OH is 1. The van der Waals surface area contributed by atoms with Crippen LogP contribution in [0.25, 0.3) is 0 Å². The first-order chi connectivity index (χ1) is 15.7. The van der Waals surface area contributed by atoms with Crippen LogP contribution in [0.15, 0.2) is 23.8 Å². The summed E-state index contributed by atoms with van der Waals surface area (Å²) in [5, 5.41) is 10.4. The van der Waals surface area contributed by atoms with Crippen LogP contribution >= 0.6 is 0 Å². The van der Waals surface area contributed by atoms with E-state index < -0.39 is 6.10 Å². The third-order valence-corrected chi connectivity index (χ3v) is 8.01. The highest BCUT2D eigenvalue weighted by Gasteiger charge is 2.42. The molecule has 1 N–H and O–H groups in total. The van der Waals surface area contributed by atoms with E-state index in [2.05, 4.69) is 32.9 Å². The second kappa shape index (κ2) is 12.1. The number of ether oxygens (including phenoxy) is 2. The van der Waals surface area contributed by atoms with Crippen LogP contribution in [-0.2, 0) is 14.3 Å². The van der Waals surface area contributed by atoms with Crippen molar-refractivity contribution in [1.29, 1.82) is 0 Å². The first kappa shape index (κ1) is 26.6. The fourth-order valence-corrected chi connectivity index (χ4v) is 6.55. The van der Waals surface area contributed by atoms with Crippen molar-refractivity contribution in [1.82, 2.24) is 0 Å². The maximum Gasteiger partial charge on any atom is 0.158 e. The van der Waals surface area contributed by atoms with Gasteiger partial charge in [0.05, 0.1) is 30.0 Å². The fourth-order valence-electron chi connectivity index (χ4n) is 6.55. The number of allylic oxidation sites excluding steroid dienone is 3. The molecule has 7 unspecified atom stereocenters. The molecular formula is C29H48O4. The van der Waals surface area contributed by atoms with E-state index in [-0.39, 0.29) is 23.6 Å². The summed E-state index contributed by atoms with van der Waals surface area (Å²) in [7, 11) is 0. The molecule has 1 heterocycles. The summed E-state index contributed by atoms with van der Waals surface area (Å²) >= 11 is 0. The van der Waals surface area contributed by atoms with E-state index >= 15 is 0 Å². The molecule has 4 heteroatoms. The minimum Gasteiger partial charge on any atom is -0.386 e. The Morgan fingerprint density at radius 1 is 1.27 bits per heavy atom. The lowest BCUT2D eigenvalue weighted by Crippen LogP contribution is -2.47. The number of hydrogen-bond donors (Lipinski definition) is 1. The van der Waals surface area contributed by atoms with Gasteiger partial charge in [-0.05, 0) is 101 Å². The maximum atomic E-state index is 12.9. The van der Waals surface area contributed by atoms with Gasteiger partial charge in [0.25, 0.3) is 0 Å². The van der Waals surface area contributed by atoms with Gasteiger partial charge in [-0.3, -0.25) is 4.79 Å². The topological polar surface area (TPSA) is 55.8 Å². The lowest BCUT2D eigenvalue weighted by Gasteiger charge is -2.48. The molecule has 0 amide bonds. The molecule has 1 aliphatic heterocycles. The van der Waals surface area contributed by atoms with E-state index in [0.29, 0.717) is 43.1 Å². The fraction of sp³-hybridized carbons (Fsp3) is 0.828. The zero-order chi connectivity index (χ0) is 24.0. The van der Waals surface area contributed by atoms with Gasteiger partial charge in [-0.2, -0.15) is 0 Å². The normalized spacial score (nSPS) is 37.2. The number of Topliss-reactive ketones (excluding diaryl/α,β-unsaturated/α-hetero) is 1. The van der Waals surface area contributed by atoms with Crippen LogP contribution in [0.3, 0.4) is 0 Å². The Morgan fingerprint density at radius 2 is 2.06 bits per heavy atom. The standard InChI is InChI=1S/C29H48O4/c1-6-15-29(19-21(4)17-28(33-29)24-11-8-7-10-22(24)5)16-9-12-25(30)23-13-14-27(26(31)18-23)32-20(2)3/h7,10,18,20-22,24,26-28,31H,6,8-9,11-17,19H2,1-5H3. The third kappa shape index (κ3) is 7.26. The van der Waals surface area contributed by atoms with Crippen molar-refractivity contribution in [2.45, 2.75) is 135 Å². The maximum absolute atomic E-state index is 12.9. The van der Waals surface area contributed by atoms with E-state index in [1.807, 2.05) is 13.8 Å². The molecule has 0 bridgehead atoms. The predicted molar refractivity (Wildman–Crippen MR) is 134 cm³/mol. The zero-order valence-corrected chi connectivity index (χ0v) is 21.7. The van der Waals surface area contributed by atoms with E-state index in [1.54, 1.807) is 6.08 Å². The Kier molecular flexibility index (Phi) is 9.79. The Bertz CT molecular complexity index is 696. The van der Waals surface area contributed by atoms with Crippen LogP contribution in [0, 0.1) is 17.8 Å². The first-order valence-corrected chi connectivity index (χ1v) is 13.6. The van der Waals surface area contributed by atoms with Crippen molar-refractivity contribution in [2.75, 3.05) is 0 Å². The number of carbonyl (C=O) groups is 1. The highest BCUT2D eigenvalue weighted by molar-refractivity contribution is 5.95. The van der Waals surface area contributed by atoms with Gasteiger partial charge in [0, 0.05) is 6.42 Å². The molecule has 0 saturated carbocycles. The molecule has 7 atom stereocenters. The highest BCUT2D eigenvalue weighted by atomic mass is 16.5. The minimum absolute atomic E-state index is 0.0828. The van der Waals surface area contributed by atoms with E-state index in [1.165, 1.54) is 12.8 Å². The van der Waals surface area contributed by atoms with Crippen molar-refractivity contribution in [3.63, 3.8) is 0 Å². The number of ketones is 1. The van der Waals surface area contributed by atoms with Crippen molar-refractivity contribution in [3.05, 3.63) is 23.8 Å². The summed E-state index contributed by atoms with van der Waals surface area (Å²) in [6.45, 7) is 10.9. The lowest BCUT2D eigenvalue weighted by molar-refractivity contribution is -0.175. The van der Waals surface area contributed by atoms with Crippen molar-refractivity contribution in [2.24, 2.45) is 17.8 Å². The largest absolute Gasteiger partial charge is 0.386 e. The predicted octanol–water partition coefficient (Wildman–Crippen LogP) is 6.56. The van der Waals surface area contributed by atoms with Crippen LogP contribution < -0.4 is 0 Å². The molecule has 0 radical (unpaired) electrons. The van der Waals surface area contributed by atoms with Gasteiger partial charge >= 0.3 is 0 Å². The summed E-state index contributed by atoms with van der Waals surface area (Å²) in [6.07, 6.45) is 16.6. The molecule has 188 valence electrons. The first-order valence-electron chi connectivity index (χ1n) is 13.6. The summed E-state index contributed by atoms with van der Waals surface area (Å²) in [6, 6.07) is 0. The van der Waals surface area contributed by atoms with Gasteiger partial charge in [0.2, 0.25) is 0 Å². The van der Waals surface area contributed by atoms with Crippen LogP contribution in [0.4, 0.5) is 0 Å². The zero-order valence-electron chi connectivity index (χ0n) is 21.7. The van der Waals surface area contributed by atoms with E-state index in [9.17, 15) is 9.90 Å². The van der Waals surface area contributed by atoms with Gasteiger partial charge in [0.15, 0.2) is 5.78 Å². The summed E-state index contributed by atoms with van der Waals surface area (Å²) in [4.78, 5) is 12.9. The molecule has 3 rings (SSSR count). The number of hydrogen-bond acceptors (Lipinski definition) is 4. The number of rotatable bonds is 10. The molecule has 0 spiro atoms. The second-order valence-electron chi connectivity index (χ2n) is 11.4. The average Bonchev–Trinajstić information content (AvgIpc) is 2.75. The summed E-state index contributed by atoms with van der Waals surface area (Å²) in [5.41, 5.74) is 0.698. The number of aliphatic hydroxyl groups is 1. The molecule has 0 aromatic carbocycles. The Labute approximate surface area is 202 Å². The molecule has 33 heavy (non-hydrogen) atoms. The van der Waals surface area contributed by atoms with Crippen LogP contribution in [0.2, 0.25) is 0 Å². The van der Waals surface area contributed by atoms with Crippen molar-refractivity contribution < 1.29 is 19.4 Å². The number of carbonyl (C=O) groups excluding carboxylic acids is 1. The molecule has 3 aliphatic rings. The molecular weight excluding hydrogens is 412 g/mol. The Hall–Kier alpha value is -0.970. The van der Waals surface area contributed by atoms with Gasteiger partial charge in [-0.1, -0.05) is 39.3 Å². The average molecular weight is 461 g/mol. The Balaban J connectivity index is 1.58. The summed E-state index contributed by atoms with van der Waals surface area (Å²) in [5.74, 6) is 2.06. The van der Waals surface area contributed by atoms with Gasteiger partial charge in [-0.15, -0.1) is 0 Å². The third-order valence-electron chi connectivity index (χ3n) is 8.01. The Morgan fingerprint density at radius 3 is 2.73 bits per heavy atom. The molecule has 4 nitrogen and oxygen atoms in total. The SMILES string of the molecule is CCCC1(CCCC(=O)C2=CC(O)C(OC(C)C)CC2)CC(C)CC(C2CCC=CC2C)O1. The van der Waals surface area contributed by atoms with Gasteiger partial charge in [-0.25, -0.2) is 0 Å². The van der Waals surface area contributed by atoms with E-state index in [0.717, 1.165) is 44.1 Å². The van der Waals surface area contributed by atoms with Crippen LogP contribution in [0.5, 0.6) is 0 Å². The smallest absolute Gasteiger partial charge is 0.158 e. The lowest BCUT2D eigenvalue weighted by atomic mass is 9.72. The quantitative estimate of drug-likeness (QED) is 0.375. The van der Waals surface area contributed by atoms with Crippen LogP contribution in [0.1, 0.15) is 105 Å². The monoisotopic (exact) mass is 460 g/mol. The van der Waals surface area contributed by atoms with E-state index in [4.69, 9.17) is 9.47 Å². The molecule has 0 aromatic heterocycles. The minimum atomic E-state index is -0.679. The van der Waals surface area contributed by atoms with Crippen molar-refractivity contribution >= 4 is 5.78 Å². The highest BCUT2D eigenvalue weighted by Crippen LogP contribution is 2.44.